The summed E-state index contributed by atoms with van der Waals surface area (Å²) in [6.45, 7) is 2.29. The van der Waals surface area contributed by atoms with Gasteiger partial charge in [0.15, 0.2) is 0 Å². The summed E-state index contributed by atoms with van der Waals surface area (Å²) in [5, 5.41) is 8.60. The van der Waals surface area contributed by atoms with Gasteiger partial charge in [-0.1, -0.05) is 141 Å². The molecular weight excluding hydrogens is 380 g/mol. The lowest BCUT2D eigenvalue weighted by Crippen LogP contribution is -1.93. The molecule has 0 aromatic heterocycles. The van der Waals surface area contributed by atoms with Crippen molar-refractivity contribution in [2.75, 3.05) is 0 Å². The molecule has 0 bridgehead atoms. The van der Waals surface area contributed by atoms with E-state index in [0.717, 1.165) is 12.8 Å². The van der Waals surface area contributed by atoms with Gasteiger partial charge in [-0.3, -0.25) is 4.79 Å². The van der Waals surface area contributed by atoms with Crippen LogP contribution >= 0.6 is 0 Å². The molecule has 184 valence electrons. The van der Waals surface area contributed by atoms with Crippen molar-refractivity contribution in [3.63, 3.8) is 0 Å². The number of rotatable bonds is 26. The average molecular weight is 437 g/mol. The largest absolute Gasteiger partial charge is 0.481 e. The van der Waals surface area contributed by atoms with Gasteiger partial charge in [-0.15, -0.1) is 0 Å². The highest BCUT2D eigenvalue weighted by Crippen LogP contribution is 2.14. The fourth-order valence-corrected chi connectivity index (χ4v) is 4.29. The Balaban J connectivity index is 3.07. The first-order valence-electron chi connectivity index (χ1n) is 14.1. The zero-order valence-electron chi connectivity index (χ0n) is 21.2. The third-order valence-corrected chi connectivity index (χ3v) is 6.40. The molecule has 31 heavy (non-hydrogen) atoms. The Morgan fingerprint density at radius 1 is 0.484 bits per heavy atom. The molecule has 2 nitrogen and oxygen atoms in total. The van der Waals surface area contributed by atoms with Crippen molar-refractivity contribution in [3.8, 4) is 0 Å². The summed E-state index contributed by atoms with van der Waals surface area (Å²) in [5.41, 5.74) is 0. The van der Waals surface area contributed by atoms with E-state index in [1.54, 1.807) is 0 Å². The maximum atomic E-state index is 10.4. The van der Waals surface area contributed by atoms with E-state index in [0.29, 0.717) is 6.42 Å². The molecule has 0 fully saturated rings. The molecule has 0 saturated carbocycles. The van der Waals surface area contributed by atoms with Crippen molar-refractivity contribution < 1.29 is 9.90 Å². The van der Waals surface area contributed by atoms with E-state index in [-0.39, 0.29) is 0 Å². The molecule has 0 aliphatic carbocycles. The van der Waals surface area contributed by atoms with Gasteiger partial charge in [0.2, 0.25) is 0 Å². The van der Waals surface area contributed by atoms with Crippen molar-refractivity contribution in [3.05, 3.63) is 12.2 Å². The maximum absolute atomic E-state index is 10.4. The maximum Gasteiger partial charge on any atom is 0.303 e. The SMILES string of the molecule is CCCCCCCCCCC=CCCCCCCCCCCCCCCCCC(=O)O. The number of carboxylic acids is 1. The van der Waals surface area contributed by atoms with Crippen LogP contribution in [0.2, 0.25) is 0 Å². The van der Waals surface area contributed by atoms with Crippen LogP contribution in [0.25, 0.3) is 0 Å². The number of hydrogen-bond acceptors (Lipinski definition) is 1. The summed E-state index contributed by atoms with van der Waals surface area (Å²) < 4.78 is 0. The normalized spacial score (nSPS) is 11.5. The van der Waals surface area contributed by atoms with Gasteiger partial charge in [-0.2, -0.15) is 0 Å². The van der Waals surface area contributed by atoms with Gasteiger partial charge in [0.25, 0.3) is 0 Å². The molecule has 0 aromatic rings. The molecule has 0 amide bonds. The molecular formula is C29H56O2. The van der Waals surface area contributed by atoms with E-state index in [1.807, 2.05) is 0 Å². The lowest BCUT2D eigenvalue weighted by atomic mass is 10.0. The molecule has 0 spiro atoms. The number of hydrogen-bond donors (Lipinski definition) is 1. The molecule has 0 aliphatic rings. The van der Waals surface area contributed by atoms with E-state index in [1.165, 1.54) is 141 Å². The Labute approximate surface area is 195 Å². The number of aliphatic carboxylic acids is 1. The van der Waals surface area contributed by atoms with Crippen molar-refractivity contribution in [1.29, 1.82) is 0 Å². The minimum absolute atomic E-state index is 0.343. The Morgan fingerprint density at radius 2 is 0.774 bits per heavy atom. The first-order chi connectivity index (χ1) is 15.3. The number of carboxylic acid groups (broad SMARTS) is 1. The number of allylic oxidation sites excluding steroid dienone is 2. The molecule has 0 heterocycles. The van der Waals surface area contributed by atoms with Crippen LogP contribution in [0.5, 0.6) is 0 Å². The number of unbranched alkanes of at least 4 members (excludes halogenated alkanes) is 22. The highest BCUT2D eigenvalue weighted by atomic mass is 16.4. The van der Waals surface area contributed by atoms with Gasteiger partial charge in [-0.25, -0.2) is 0 Å². The molecule has 0 aliphatic heterocycles. The molecule has 2 heteroatoms. The molecule has 0 radical (unpaired) electrons. The Morgan fingerprint density at radius 3 is 1.10 bits per heavy atom. The zero-order valence-corrected chi connectivity index (χ0v) is 21.2. The molecule has 0 rings (SSSR count). The fourth-order valence-electron chi connectivity index (χ4n) is 4.29. The zero-order chi connectivity index (χ0) is 22.7. The average Bonchev–Trinajstić information content (AvgIpc) is 2.76. The standard InChI is InChI=1S/C29H56O2/c1-2-3-4-5-6-7-8-9-10-11-12-13-14-15-16-17-18-19-20-21-22-23-24-25-26-27-28-29(30)31/h11-12H,2-10,13-28H2,1H3,(H,30,31). The Kier molecular flexibility index (Phi) is 26.5. The highest BCUT2D eigenvalue weighted by molar-refractivity contribution is 5.66. The van der Waals surface area contributed by atoms with E-state index >= 15 is 0 Å². The topological polar surface area (TPSA) is 37.3 Å². The lowest BCUT2D eigenvalue weighted by Gasteiger charge is -2.03. The van der Waals surface area contributed by atoms with Gasteiger partial charge >= 0.3 is 5.97 Å². The highest BCUT2D eigenvalue weighted by Gasteiger charge is 1.97. The van der Waals surface area contributed by atoms with Gasteiger partial charge in [0.05, 0.1) is 0 Å². The summed E-state index contributed by atoms with van der Waals surface area (Å²) in [5.74, 6) is -0.652. The Hall–Kier alpha value is -0.790. The van der Waals surface area contributed by atoms with E-state index < -0.39 is 5.97 Å². The molecule has 0 aromatic carbocycles. The van der Waals surface area contributed by atoms with Crippen LogP contribution in [0, 0.1) is 0 Å². The van der Waals surface area contributed by atoms with Crippen LogP contribution < -0.4 is 0 Å². The van der Waals surface area contributed by atoms with Gasteiger partial charge in [0.1, 0.15) is 0 Å². The van der Waals surface area contributed by atoms with Crippen molar-refractivity contribution >= 4 is 5.97 Å². The van der Waals surface area contributed by atoms with E-state index in [4.69, 9.17) is 5.11 Å². The van der Waals surface area contributed by atoms with Crippen LogP contribution in [0.15, 0.2) is 12.2 Å². The molecule has 0 unspecified atom stereocenters. The number of carbonyl (C=O) groups is 1. The van der Waals surface area contributed by atoms with Crippen molar-refractivity contribution in [2.24, 2.45) is 0 Å². The first-order valence-corrected chi connectivity index (χ1v) is 14.1. The van der Waals surface area contributed by atoms with E-state index in [9.17, 15) is 4.79 Å². The minimum Gasteiger partial charge on any atom is -0.481 e. The van der Waals surface area contributed by atoms with Gasteiger partial charge in [-0.05, 0) is 32.1 Å². The Bertz CT molecular complexity index is 375. The lowest BCUT2D eigenvalue weighted by molar-refractivity contribution is -0.137. The third kappa shape index (κ3) is 29.2. The quantitative estimate of drug-likeness (QED) is 0.108. The molecule has 0 atom stereocenters. The van der Waals surface area contributed by atoms with Crippen molar-refractivity contribution in [2.45, 2.75) is 167 Å². The summed E-state index contributed by atoms with van der Waals surface area (Å²) in [6.07, 6.45) is 37.5. The van der Waals surface area contributed by atoms with Crippen LogP contribution in [0.4, 0.5) is 0 Å². The summed E-state index contributed by atoms with van der Waals surface area (Å²) >= 11 is 0. The summed E-state index contributed by atoms with van der Waals surface area (Å²) in [4.78, 5) is 10.4. The van der Waals surface area contributed by atoms with Crippen molar-refractivity contribution in [1.82, 2.24) is 0 Å². The second-order valence-corrected chi connectivity index (χ2v) is 9.62. The summed E-state index contributed by atoms with van der Waals surface area (Å²) in [7, 11) is 0. The van der Waals surface area contributed by atoms with Crippen LogP contribution in [0.1, 0.15) is 167 Å². The van der Waals surface area contributed by atoms with Gasteiger partial charge < -0.3 is 5.11 Å². The molecule has 0 saturated heterocycles. The summed E-state index contributed by atoms with van der Waals surface area (Å²) in [6, 6.07) is 0. The monoisotopic (exact) mass is 436 g/mol. The van der Waals surface area contributed by atoms with Crippen LogP contribution in [0.3, 0.4) is 0 Å². The predicted octanol–water partition coefficient (Wildman–Crippen LogP) is 10.4. The fraction of sp³-hybridized carbons (Fsp3) is 0.897. The van der Waals surface area contributed by atoms with E-state index in [2.05, 4.69) is 19.1 Å². The second-order valence-electron chi connectivity index (χ2n) is 9.62. The van der Waals surface area contributed by atoms with Crippen LogP contribution in [-0.2, 0) is 4.79 Å². The predicted molar refractivity (Wildman–Crippen MR) is 138 cm³/mol. The smallest absolute Gasteiger partial charge is 0.303 e. The second kappa shape index (κ2) is 27.2. The third-order valence-electron chi connectivity index (χ3n) is 6.40. The first kappa shape index (κ1) is 30.2. The molecule has 1 N–H and O–H groups in total. The van der Waals surface area contributed by atoms with Crippen LogP contribution in [-0.4, -0.2) is 11.1 Å². The minimum atomic E-state index is -0.652. The van der Waals surface area contributed by atoms with Gasteiger partial charge in [0, 0.05) is 6.42 Å².